The molecule has 106 valence electrons. The molecule has 19 heavy (non-hydrogen) atoms. The zero-order valence-corrected chi connectivity index (χ0v) is 12.3. The van der Waals surface area contributed by atoms with Gasteiger partial charge in [0.15, 0.2) is 0 Å². The molecule has 0 aliphatic heterocycles. The SMILES string of the molecule is Cc1c(C(=O)N[C@H](C)C(=O)OC(C)(C)C)cnn1C. The zero-order valence-electron chi connectivity index (χ0n) is 12.3. The lowest BCUT2D eigenvalue weighted by Gasteiger charge is -2.22. The van der Waals surface area contributed by atoms with Crippen molar-refractivity contribution in [3.05, 3.63) is 17.5 Å². The highest BCUT2D eigenvalue weighted by molar-refractivity contribution is 5.97. The van der Waals surface area contributed by atoms with Gasteiger partial charge in [0.25, 0.3) is 5.91 Å². The fraction of sp³-hybridized carbons (Fsp3) is 0.615. The predicted molar refractivity (Wildman–Crippen MR) is 70.7 cm³/mol. The van der Waals surface area contributed by atoms with Crippen LogP contribution in [0.5, 0.6) is 0 Å². The highest BCUT2D eigenvalue weighted by Gasteiger charge is 2.24. The van der Waals surface area contributed by atoms with Gasteiger partial charge in [0.1, 0.15) is 11.6 Å². The molecule has 0 bridgehead atoms. The van der Waals surface area contributed by atoms with Gasteiger partial charge in [-0.3, -0.25) is 9.48 Å². The molecule has 1 atom stereocenters. The van der Waals surface area contributed by atoms with E-state index in [1.807, 2.05) is 0 Å². The van der Waals surface area contributed by atoms with Crippen LogP contribution in [0.4, 0.5) is 0 Å². The lowest BCUT2D eigenvalue weighted by Crippen LogP contribution is -2.42. The molecule has 1 amide bonds. The van der Waals surface area contributed by atoms with E-state index in [9.17, 15) is 9.59 Å². The standard InChI is InChI=1S/C13H21N3O3/c1-8(12(18)19-13(3,4)5)15-11(17)10-7-14-16(6)9(10)2/h7-8H,1-6H3,(H,15,17)/t8-/m1/s1. The largest absolute Gasteiger partial charge is 0.458 e. The van der Waals surface area contributed by atoms with Gasteiger partial charge in [0.05, 0.1) is 11.8 Å². The van der Waals surface area contributed by atoms with Crippen LogP contribution in [0.3, 0.4) is 0 Å². The smallest absolute Gasteiger partial charge is 0.328 e. The number of ether oxygens (including phenoxy) is 1. The van der Waals surface area contributed by atoms with Crippen LogP contribution in [0, 0.1) is 6.92 Å². The first-order chi connectivity index (χ1) is 8.61. The minimum Gasteiger partial charge on any atom is -0.458 e. The van der Waals surface area contributed by atoms with Gasteiger partial charge in [0.2, 0.25) is 0 Å². The van der Waals surface area contributed by atoms with Gasteiger partial charge < -0.3 is 10.1 Å². The second kappa shape index (κ2) is 5.42. The molecule has 6 heteroatoms. The van der Waals surface area contributed by atoms with Gasteiger partial charge >= 0.3 is 5.97 Å². The summed E-state index contributed by atoms with van der Waals surface area (Å²) >= 11 is 0. The van der Waals surface area contributed by atoms with Crippen LogP contribution in [0.15, 0.2) is 6.20 Å². The third kappa shape index (κ3) is 4.08. The Morgan fingerprint density at radius 3 is 2.42 bits per heavy atom. The highest BCUT2D eigenvalue weighted by Crippen LogP contribution is 2.09. The molecule has 0 saturated heterocycles. The molecule has 1 aromatic heterocycles. The maximum Gasteiger partial charge on any atom is 0.328 e. The molecule has 0 aromatic carbocycles. The van der Waals surface area contributed by atoms with E-state index in [1.165, 1.54) is 6.20 Å². The van der Waals surface area contributed by atoms with E-state index >= 15 is 0 Å². The van der Waals surface area contributed by atoms with E-state index in [0.29, 0.717) is 5.56 Å². The van der Waals surface area contributed by atoms with Crippen molar-refractivity contribution in [2.75, 3.05) is 0 Å². The fourth-order valence-electron chi connectivity index (χ4n) is 1.45. The van der Waals surface area contributed by atoms with Crippen LogP contribution in [0.1, 0.15) is 43.7 Å². The number of hydrogen-bond acceptors (Lipinski definition) is 4. The molecule has 0 saturated carbocycles. The predicted octanol–water partition coefficient (Wildman–Crippen LogP) is 1.19. The van der Waals surface area contributed by atoms with Gasteiger partial charge in [-0.2, -0.15) is 5.10 Å². The number of nitrogens with one attached hydrogen (secondary N) is 1. The normalized spacial score (nSPS) is 12.9. The Morgan fingerprint density at radius 2 is 2.00 bits per heavy atom. The number of aryl methyl sites for hydroxylation is 1. The minimum absolute atomic E-state index is 0.330. The summed E-state index contributed by atoms with van der Waals surface area (Å²) in [5.74, 6) is -0.786. The number of carbonyl (C=O) groups excluding carboxylic acids is 2. The van der Waals surface area contributed by atoms with E-state index in [1.54, 1.807) is 46.3 Å². The van der Waals surface area contributed by atoms with Crippen molar-refractivity contribution in [2.24, 2.45) is 7.05 Å². The molecule has 1 rings (SSSR count). The van der Waals surface area contributed by atoms with Crippen LogP contribution in [0.2, 0.25) is 0 Å². The molecule has 0 aliphatic rings. The molecule has 0 unspecified atom stereocenters. The van der Waals surface area contributed by atoms with E-state index in [4.69, 9.17) is 4.74 Å². The first kappa shape index (κ1) is 15.2. The maximum atomic E-state index is 12.0. The average Bonchev–Trinajstić information content (AvgIpc) is 2.57. The van der Waals surface area contributed by atoms with Gasteiger partial charge in [-0.1, -0.05) is 0 Å². The minimum atomic E-state index is -0.702. The zero-order chi connectivity index (χ0) is 14.8. The summed E-state index contributed by atoms with van der Waals surface area (Å²) in [4.78, 5) is 23.7. The number of nitrogens with zero attached hydrogens (tertiary/aromatic N) is 2. The Morgan fingerprint density at radius 1 is 1.42 bits per heavy atom. The summed E-state index contributed by atoms with van der Waals surface area (Å²) in [5.41, 5.74) is 0.632. The first-order valence-electron chi connectivity index (χ1n) is 6.14. The molecular weight excluding hydrogens is 246 g/mol. The monoisotopic (exact) mass is 267 g/mol. The van der Waals surface area contributed by atoms with Crippen molar-refractivity contribution in [3.63, 3.8) is 0 Å². The van der Waals surface area contributed by atoms with E-state index in [0.717, 1.165) is 5.69 Å². The van der Waals surface area contributed by atoms with E-state index < -0.39 is 17.6 Å². The third-order valence-electron chi connectivity index (χ3n) is 2.59. The van der Waals surface area contributed by atoms with Crippen molar-refractivity contribution < 1.29 is 14.3 Å². The molecule has 0 radical (unpaired) electrons. The number of hydrogen-bond donors (Lipinski definition) is 1. The summed E-state index contributed by atoms with van der Waals surface area (Å²) in [7, 11) is 1.75. The van der Waals surface area contributed by atoms with Crippen molar-refractivity contribution >= 4 is 11.9 Å². The van der Waals surface area contributed by atoms with Crippen LogP contribution in [-0.2, 0) is 16.6 Å². The van der Waals surface area contributed by atoms with Crippen LogP contribution >= 0.6 is 0 Å². The van der Waals surface area contributed by atoms with E-state index in [2.05, 4.69) is 10.4 Å². The van der Waals surface area contributed by atoms with Gasteiger partial charge in [0, 0.05) is 12.7 Å². The number of carbonyl (C=O) groups is 2. The molecule has 1 aromatic rings. The summed E-state index contributed by atoms with van der Waals surface area (Å²) in [6.07, 6.45) is 1.48. The van der Waals surface area contributed by atoms with Crippen molar-refractivity contribution in [2.45, 2.75) is 46.3 Å². The molecule has 6 nitrogen and oxygen atoms in total. The molecule has 1 heterocycles. The first-order valence-corrected chi connectivity index (χ1v) is 6.14. The van der Waals surface area contributed by atoms with Gasteiger partial charge in [-0.15, -0.1) is 0 Å². The van der Waals surface area contributed by atoms with Crippen LogP contribution < -0.4 is 5.32 Å². The van der Waals surface area contributed by atoms with Crippen molar-refractivity contribution in [1.29, 1.82) is 0 Å². The Labute approximate surface area is 113 Å². The third-order valence-corrected chi connectivity index (χ3v) is 2.59. The lowest BCUT2D eigenvalue weighted by atomic mass is 10.2. The number of esters is 1. The summed E-state index contributed by atoms with van der Waals surface area (Å²) in [5, 5.41) is 6.59. The Kier molecular flexibility index (Phi) is 4.34. The summed E-state index contributed by atoms with van der Waals surface area (Å²) in [6.45, 7) is 8.73. The Balaban J connectivity index is 2.67. The lowest BCUT2D eigenvalue weighted by molar-refractivity contribution is -0.156. The Bertz CT molecular complexity index is 486. The topological polar surface area (TPSA) is 73.2 Å². The number of amides is 1. The van der Waals surface area contributed by atoms with E-state index in [-0.39, 0.29) is 5.91 Å². The second-order valence-corrected chi connectivity index (χ2v) is 5.50. The van der Waals surface area contributed by atoms with Crippen molar-refractivity contribution in [3.8, 4) is 0 Å². The Hall–Kier alpha value is -1.85. The highest BCUT2D eigenvalue weighted by atomic mass is 16.6. The maximum absolute atomic E-state index is 12.0. The average molecular weight is 267 g/mol. The van der Waals surface area contributed by atoms with Crippen molar-refractivity contribution in [1.82, 2.24) is 15.1 Å². The fourth-order valence-corrected chi connectivity index (χ4v) is 1.45. The molecule has 1 N–H and O–H groups in total. The molecular formula is C13H21N3O3. The number of aromatic nitrogens is 2. The molecule has 0 fully saturated rings. The molecule has 0 aliphatic carbocycles. The van der Waals surface area contributed by atoms with Gasteiger partial charge in [-0.25, -0.2) is 4.79 Å². The summed E-state index contributed by atoms with van der Waals surface area (Å²) < 4.78 is 6.80. The summed E-state index contributed by atoms with van der Waals surface area (Å²) in [6, 6.07) is -0.702. The van der Waals surface area contributed by atoms with Gasteiger partial charge in [-0.05, 0) is 34.6 Å². The molecule has 0 spiro atoms. The van der Waals surface area contributed by atoms with Crippen LogP contribution in [-0.4, -0.2) is 33.3 Å². The number of rotatable bonds is 3. The van der Waals surface area contributed by atoms with Crippen LogP contribution in [0.25, 0.3) is 0 Å². The quantitative estimate of drug-likeness (QED) is 0.835. The second-order valence-electron chi connectivity index (χ2n) is 5.50.